The van der Waals surface area contributed by atoms with E-state index >= 15 is 0 Å². The Labute approximate surface area is 252 Å². The highest BCUT2D eigenvalue weighted by molar-refractivity contribution is 6.30. The van der Waals surface area contributed by atoms with Crippen LogP contribution in [0.15, 0.2) is 72.9 Å². The second-order valence-corrected chi connectivity index (χ2v) is 12.4. The van der Waals surface area contributed by atoms with E-state index in [4.69, 9.17) is 11.6 Å². The third-order valence-corrected chi connectivity index (χ3v) is 8.98. The number of urea groups is 1. The molecule has 2 aliphatic rings. The van der Waals surface area contributed by atoms with Gasteiger partial charge in [0.25, 0.3) is 0 Å². The summed E-state index contributed by atoms with van der Waals surface area (Å²) >= 11 is 6.40. The van der Waals surface area contributed by atoms with Crippen molar-refractivity contribution in [2.24, 2.45) is 5.92 Å². The summed E-state index contributed by atoms with van der Waals surface area (Å²) in [5.74, 6) is -0.140. The number of hydrogen-bond acceptors (Lipinski definition) is 3. The molecular weight excluding hydrogens is 546 g/mol. The Bertz CT molecular complexity index is 1610. The van der Waals surface area contributed by atoms with Gasteiger partial charge in [0.1, 0.15) is 6.04 Å². The lowest BCUT2D eigenvalue weighted by atomic mass is 9.88. The van der Waals surface area contributed by atoms with E-state index in [0.29, 0.717) is 24.7 Å². The van der Waals surface area contributed by atoms with Crippen molar-refractivity contribution in [3.63, 3.8) is 0 Å². The monoisotopic (exact) mass is 583 g/mol. The van der Waals surface area contributed by atoms with Crippen molar-refractivity contribution in [3.8, 4) is 0 Å². The molecular formula is C34H38ClN5O2. The molecule has 0 radical (unpaired) electrons. The summed E-state index contributed by atoms with van der Waals surface area (Å²) in [6.07, 6.45) is 3.62. The number of amides is 3. The maximum atomic E-state index is 14.7. The predicted octanol–water partition coefficient (Wildman–Crippen LogP) is 5.83. The molecule has 2 unspecified atom stereocenters. The quantitative estimate of drug-likeness (QED) is 0.300. The minimum atomic E-state index is -0.768. The van der Waals surface area contributed by atoms with Crippen LogP contribution in [-0.4, -0.2) is 66.5 Å². The number of nitrogens with one attached hydrogen (secondary N) is 2. The molecule has 2 N–H and O–H groups in total. The van der Waals surface area contributed by atoms with Crippen molar-refractivity contribution >= 4 is 40.1 Å². The number of halogens is 1. The Balaban J connectivity index is 1.35. The normalized spacial score (nSPS) is 18.0. The van der Waals surface area contributed by atoms with E-state index in [1.165, 1.54) is 5.56 Å². The van der Waals surface area contributed by atoms with Gasteiger partial charge in [0.15, 0.2) is 0 Å². The van der Waals surface area contributed by atoms with Crippen molar-refractivity contribution in [1.82, 2.24) is 20.1 Å². The van der Waals surface area contributed by atoms with Gasteiger partial charge in [-0.05, 0) is 79.4 Å². The summed E-state index contributed by atoms with van der Waals surface area (Å²) in [6, 6.07) is 21.1. The van der Waals surface area contributed by atoms with Gasteiger partial charge in [-0.15, -0.1) is 0 Å². The van der Waals surface area contributed by atoms with Gasteiger partial charge in [0.05, 0.1) is 0 Å². The first-order chi connectivity index (χ1) is 20.3. The Kier molecular flexibility index (Phi) is 7.97. The molecule has 7 nitrogen and oxygen atoms in total. The molecule has 0 fully saturated rings. The number of H-pyrrole nitrogens is 1. The fraction of sp³-hybridized carbons (Fsp3) is 0.353. The van der Waals surface area contributed by atoms with E-state index in [1.807, 2.05) is 71.5 Å². The second-order valence-electron chi connectivity index (χ2n) is 12.0. The minimum absolute atomic E-state index is 0.106. The number of anilines is 1. The summed E-state index contributed by atoms with van der Waals surface area (Å²) in [6.45, 7) is 4.60. The van der Waals surface area contributed by atoms with Crippen LogP contribution < -0.4 is 10.2 Å². The number of rotatable bonds is 6. The number of aromatic nitrogens is 1. The maximum absolute atomic E-state index is 14.7. The van der Waals surface area contributed by atoms with Crippen LogP contribution in [0.2, 0.25) is 5.02 Å². The number of para-hydroxylation sites is 1. The fourth-order valence-corrected chi connectivity index (χ4v) is 6.87. The van der Waals surface area contributed by atoms with Gasteiger partial charge in [0.2, 0.25) is 5.91 Å². The Morgan fingerprint density at radius 3 is 2.62 bits per heavy atom. The molecule has 3 aromatic carbocycles. The highest BCUT2D eigenvalue weighted by atomic mass is 35.5. The largest absolute Gasteiger partial charge is 0.361 e. The molecule has 3 amide bonds. The highest BCUT2D eigenvalue weighted by Crippen LogP contribution is 2.35. The van der Waals surface area contributed by atoms with Crippen molar-refractivity contribution in [2.75, 3.05) is 38.6 Å². The molecule has 0 aliphatic carbocycles. The van der Waals surface area contributed by atoms with Gasteiger partial charge in [-0.3, -0.25) is 4.79 Å². The van der Waals surface area contributed by atoms with Gasteiger partial charge in [-0.2, -0.15) is 0 Å². The molecule has 0 bridgehead atoms. The zero-order valence-electron chi connectivity index (χ0n) is 24.4. The molecule has 4 aromatic rings. The third kappa shape index (κ3) is 5.63. The molecule has 6 rings (SSSR count). The van der Waals surface area contributed by atoms with Crippen LogP contribution in [0.25, 0.3) is 10.9 Å². The van der Waals surface area contributed by atoms with Crippen LogP contribution in [0.5, 0.6) is 0 Å². The lowest BCUT2D eigenvalue weighted by molar-refractivity contribution is -0.121. The first-order valence-electron chi connectivity index (χ1n) is 14.7. The van der Waals surface area contributed by atoms with E-state index in [0.717, 1.165) is 52.7 Å². The van der Waals surface area contributed by atoms with E-state index in [-0.39, 0.29) is 23.8 Å². The lowest BCUT2D eigenvalue weighted by Gasteiger charge is -2.39. The van der Waals surface area contributed by atoms with E-state index in [1.54, 1.807) is 0 Å². The molecule has 2 aliphatic heterocycles. The van der Waals surface area contributed by atoms with Gasteiger partial charge in [0, 0.05) is 59.9 Å². The number of fused-ring (bicyclic) bond motifs is 3. The number of hydrogen-bond donors (Lipinski definition) is 2. The average molecular weight is 584 g/mol. The summed E-state index contributed by atoms with van der Waals surface area (Å²) in [4.78, 5) is 37.8. The molecule has 0 saturated heterocycles. The maximum Gasteiger partial charge on any atom is 0.318 e. The number of nitrogens with zero attached hydrogens (tertiary/aromatic N) is 3. The van der Waals surface area contributed by atoms with Crippen LogP contribution in [-0.2, 0) is 24.2 Å². The number of carbonyl (C=O) groups is 2. The Morgan fingerprint density at radius 2 is 1.81 bits per heavy atom. The predicted molar refractivity (Wildman–Crippen MR) is 169 cm³/mol. The SMILES string of the molecule is CC(c1c[nH]c2ccccc12)C(NC(=O)N1CCc2ccccc2C1)C(=O)N1C[C@@H](CN(C)C)Cc2cc(Cl)ccc21. The highest BCUT2D eigenvalue weighted by Gasteiger charge is 2.38. The Hall–Kier alpha value is -3.81. The van der Waals surface area contributed by atoms with Crippen LogP contribution in [0.4, 0.5) is 10.5 Å². The molecule has 218 valence electrons. The molecule has 0 spiro atoms. The first kappa shape index (κ1) is 28.3. The standard InChI is InChI=1S/C34H38ClN5O2/c1-22(29-18-36-30-11-7-6-10-28(29)30)32(37-34(42)39-15-14-24-8-4-5-9-25(24)21-39)33(41)40-20-23(19-38(2)3)16-26-17-27(35)12-13-31(26)40/h4-13,17-18,22-23,32,36H,14-16,19-21H2,1-3H3,(H,37,42)/t22?,23-,32?/m1/s1. The minimum Gasteiger partial charge on any atom is -0.361 e. The van der Waals surface area contributed by atoms with Crippen molar-refractivity contribution in [3.05, 3.63) is 100 Å². The lowest BCUT2D eigenvalue weighted by Crippen LogP contribution is -2.56. The summed E-state index contributed by atoms with van der Waals surface area (Å²) < 4.78 is 0. The average Bonchev–Trinajstić information content (AvgIpc) is 3.42. The molecule has 8 heteroatoms. The zero-order valence-corrected chi connectivity index (χ0v) is 25.2. The van der Waals surface area contributed by atoms with Crippen molar-refractivity contribution < 1.29 is 9.59 Å². The first-order valence-corrected chi connectivity index (χ1v) is 15.1. The van der Waals surface area contributed by atoms with Crippen LogP contribution >= 0.6 is 11.6 Å². The smallest absolute Gasteiger partial charge is 0.318 e. The van der Waals surface area contributed by atoms with E-state index < -0.39 is 6.04 Å². The van der Waals surface area contributed by atoms with Crippen LogP contribution in [0.3, 0.4) is 0 Å². The molecule has 0 saturated carbocycles. The summed E-state index contributed by atoms with van der Waals surface area (Å²) in [7, 11) is 4.11. The number of benzene rings is 3. The van der Waals surface area contributed by atoms with E-state index in [9.17, 15) is 9.59 Å². The Morgan fingerprint density at radius 1 is 1.05 bits per heavy atom. The van der Waals surface area contributed by atoms with Gasteiger partial charge in [-0.25, -0.2) is 4.79 Å². The molecule has 3 heterocycles. The number of carbonyl (C=O) groups excluding carboxylic acids is 2. The second kappa shape index (κ2) is 11.8. The summed E-state index contributed by atoms with van der Waals surface area (Å²) in [5.41, 5.74) is 6.37. The van der Waals surface area contributed by atoms with Crippen LogP contribution in [0.1, 0.15) is 35.1 Å². The molecule has 3 atom stereocenters. The number of aromatic amines is 1. The van der Waals surface area contributed by atoms with Gasteiger partial charge < -0.3 is 25.0 Å². The van der Waals surface area contributed by atoms with Gasteiger partial charge >= 0.3 is 6.03 Å². The molecule has 1 aromatic heterocycles. The van der Waals surface area contributed by atoms with Gasteiger partial charge in [-0.1, -0.05) is 61.0 Å². The van der Waals surface area contributed by atoms with Crippen molar-refractivity contribution in [2.45, 2.75) is 38.3 Å². The van der Waals surface area contributed by atoms with Crippen LogP contribution in [0, 0.1) is 5.92 Å². The van der Waals surface area contributed by atoms with E-state index in [2.05, 4.69) is 47.5 Å². The zero-order chi connectivity index (χ0) is 29.4. The summed E-state index contributed by atoms with van der Waals surface area (Å²) in [5, 5.41) is 4.93. The van der Waals surface area contributed by atoms with Crippen molar-refractivity contribution in [1.29, 1.82) is 0 Å². The fourth-order valence-electron chi connectivity index (χ4n) is 6.67. The molecule has 42 heavy (non-hydrogen) atoms. The third-order valence-electron chi connectivity index (χ3n) is 8.75. The topological polar surface area (TPSA) is 71.7 Å².